The van der Waals surface area contributed by atoms with Gasteiger partial charge in [0.1, 0.15) is 11.9 Å². The summed E-state index contributed by atoms with van der Waals surface area (Å²) in [6.45, 7) is 18.2. The molecule has 5 aromatic carbocycles. The number of hydrogen-bond donors (Lipinski definition) is 0. The van der Waals surface area contributed by atoms with Gasteiger partial charge in [-0.2, -0.15) is 0 Å². The first kappa shape index (κ1) is 40.6. The van der Waals surface area contributed by atoms with Crippen LogP contribution in [0, 0.1) is 19.1 Å². The van der Waals surface area contributed by atoms with Crippen molar-refractivity contribution < 1.29 is 24.5 Å². The summed E-state index contributed by atoms with van der Waals surface area (Å²) in [4.78, 5) is 14.3. The van der Waals surface area contributed by atoms with Gasteiger partial charge >= 0.3 is 0 Å². The molecule has 293 valence electrons. The molecule has 0 amide bonds. The fourth-order valence-corrected chi connectivity index (χ4v) is 9.34. The molecule has 0 aliphatic rings. The number of rotatable bonds is 7. The summed E-state index contributed by atoms with van der Waals surface area (Å²) < 4.78 is 8.56. The summed E-state index contributed by atoms with van der Waals surface area (Å²) in [5.74, 6) is 1.16. The summed E-state index contributed by atoms with van der Waals surface area (Å²) in [5.41, 5.74) is 12.8. The number of pyridine rings is 1. The number of fused-ring (bicyclic) bond motifs is 4. The Bertz CT molecular complexity index is 2830. The first-order valence-electron chi connectivity index (χ1n) is 19.6. The molecule has 0 saturated carbocycles. The largest absolute Gasteiger partial charge is 0.501 e. The normalized spacial score (nSPS) is 11.6. The summed E-state index contributed by atoms with van der Waals surface area (Å²) in [5, 5.41) is 11.9. The minimum absolute atomic E-state index is 0. The Hall–Kier alpha value is -5.60. The van der Waals surface area contributed by atoms with E-state index in [2.05, 4.69) is 153 Å². The molecule has 7 nitrogen and oxygen atoms in total. The molecule has 4 heterocycles. The second-order valence-electron chi connectivity index (χ2n) is 16.2. The molecular weight excluding hydrogens is 909 g/mol. The molecule has 9 aromatic rings. The molecule has 4 aromatic heterocycles. The molecule has 0 bridgehead atoms. The van der Waals surface area contributed by atoms with Gasteiger partial charge in [0.15, 0.2) is 5.65 Å². The molecule has 0 unspecified atom stereocenters. The summed E-state index contributed by atoms with van der Waals surface area (Å²) in [6, 6.07) is 44.0. The topological polar surface area (TPSA) is 82.5 Å². The minimum Gasteiger partial charge on any atom is -0.501 e. The zero-order valence-electron chi connectivity index (χ0n) is 34.1. The Labute approximate surface area is 355 Å². The number of nitrogens with zero attached hydrogens (tertiary/aromatic N) is 6. The van der Waals surface area contributed by atoms with Crippen LogP contribution in [-0.4, -0.2) is 37.8 Å². The van der Waals surface area contributed by atoms with Crippen LogP contribution in [0.25, 0.3) is 72.7 Å². The van der Waals surface area contributed by atoms with Crippen molar-refractivity contribution >= 4 is 46.5 Å². The Kier molecular flexibility index (Phi) is 11.7. The van der Waals surface area contributed by atoms with Crippen molar-refractivity contribution in [3.05, 3.63) is 151 Å². The summed E-state index contributed by atoms with van der Waals surface area (Å²) in [6.07, 6.45) is 3.54. The molecule has 9 heteroatoms. The van der Waals surface area contributed by atoms with E-state index in [4.69, 9.17) is 14.4 Å². The Balaban J connectivity index is 0.000000240. The van der Waals surface area contributed by atoms with Gasteiger partial charge in [-0.1, -0.05) is 118 Å². The van der Waals surface area contributed by atoms with E-state index in [-0.39, 0.29) is 31.9 Å². The molecule has 0 aliphatic heterocycles. The number of hydrogen-bond acceptors (Lipinski definition) is 6. The zero-order chi connectivity index (χ0) is 39.8. The predicted molar refractivity (Wildman–Crippen MR) is 236 cm³/mol. The van der Waals surface area contributed by atoms with Crippen LogP contribution in [0.4, 0.5) is 0 Å². The van der Waals surface area contributed by atoms with Gasteiger partial charge in [-0.05, 0) is 70.1 Å². The van der Waals surface area contributed by atoms with Crippen molar-refractivity contribution in [2.45, 2.75) is 66.1 Å². The van der Waals surface area contributed by atoms with E-state index in [0.29, 0.717) is 17.1 Å². The van der Waals surface area contributed by atoms with Crippen molar-refractivity contribution in [3.63, 3.8) is 0 Å². The van der Waals surface area contributed by atoms with Crippen LogP contribution in [-0.2, 0) is 20.1 Å². The Morgan fingerprint density at radius 3 is 2.10 bits per heavy atom. The maximum atomic E-state index is 6.42. The second kappa shape index (κ2) is 16.7. The average Bonchev–Trinajstić information content (AvgIpc) is 3.79. The van der Waals surface area contributed by atoms with Crippen LogP contribution in [0.3, 0.4) is 0 Å². The second-order valence-corrected chi connectivity index (χ2v) is 21.2. The number of aromatic nitrogens is 6. The summed E-state index contributed by atoms with van der Waals surface area (Å²) in [7, 11) is -1.27. The van der Waals surface area contributed by atoms with E-state index in [1.165, 1.54) is 39.3 Å². The maximum Gasteiger partial charge on any atom is 0.210 e. The molecule has 0 saturated heterocycles. The first-order chi connectivity index (χ1) is 27.5. The summed E-state index contributed by atoms with van der Waals surface area (Å²) >= 11 is 0. The molecule has 1 radical (unpaired) electrons. The van der Waals surface area contributed by atoms with Crippen LogP contribution in [0.5, 0.6) is 0 Å². The number of para-hydroxylation sites is 1. The number of aryl methyl sites for hydroxylation is 1. The van der Waals surface area contributed by atoms with Crippen LogP contribution in [0.15, 0.2) is 126 Å². The van der Waals surface area contributed by atoms with E-state index in [1.54, 1.807) is 0 Å². The van der Waals surface area contributed by atoms with E-state index in [0.717, 1.165) is 44.4 Å². The van der Waals surface area contributed by atoms with Gasteiger partial charge in [0, 0.05) is 37.4 Å². The Morgan fingerprint density at radius 1 is 0.724 bits per heavy atom. The molecule has 0 aliphatic carbocycles. The van der Waals surface area contributed by atoms with Crippen LogP contribution < -0.4 is 5.19 Å². The third-order valence-corrected chi connectivity index (χ3v) is 12.6. The van der Waals surface area contributed by atoms with E-state index < -0.39 is 8.07 Å². The smallest absolute Gasteiger partial charge is 0.210 e. The molecular formula is C49H46IrN6OSi-2. The molecule has 0 spiro atoms. The van der Waals surface area contributed by atoms with Crippen molar-refractivity contribution in [2.24, 2.45) is 0 Å². The van der Waals surface area contributed by atoms with Crippen LogP contribution in [0.2, 0.25) is 19.6 Å². The SMILES string of the molecule is CC(C)c1cc(-c2ccccc2)cc(C(C)C)c1-n1c(-c2[c-]ccc3c2oc2ccccc23)nc2nncnc21.Cc1cc(-c2[c-]cccc2)ncc1[Si](C)(C)C.[Ir]. The van der Waals surface area contributed by atoms with Gasteiger partial charge in [0.25, 0.3) is 0 Å². The van der Waals surface area contributed by atoms with Crippen molar-refractivity contribution in [3.8, 4) is 39.5 Å². The van der Waals surface area contributed by atoms with Crippen molar-refractivity contribution in [1.82, 2.24) is 29.7 Å². The molecule has 9 rings (SSSR count). The van der Waals surface area contributed by atoms with E-state index in [1.807, 2.05) is 48.5 Å². The minimum atomic E-state index is -1.27. The number of furan rings is 1. The van der Waals surface area contributed by atoms with Gasteiger partial charge in [0.05, 0.1) is 19.5 Å². The van der Waals surface area contributed by atoms with Crippen LogP contribution in [0.1, 0.15) is 56.2 Å². The molecule has 58 heavy (non-hydrogen) atoms. The monoisotopic (exact) mass is 955 g/mol. The number of imidazole rings is 1. The fourth-order valence-electron chi connectivity index (χ4n) is 7.64. The standard InChI is InChI=1S/C34H28N5O.C15H18NSi.Ir/c1-20(2)27-17-23(22-11-6-5-7-12-22)18-28(21(3)4)30(27)39-33(37-32-34(39)35-19-36-38-32)26-15-10-14-25-24-13-8-9-16-29(24)40-31(25)26;1-12-10-14(13-8-6-5-7-9-13)16-11-15(12)17(2,3)4;/h5-14,16-21H,1-4H3;5-8,10-11H,1-4H3;/q2*-1;. The maximum absolute atomic E-state index is 6.42. The van der Waals surface area contributed by atoms with Gasteiger partial charge in [-0.25, -0.2) is 4.98 Å². The van der Waals surface area contributed by atoms with Crippen LogP contribution >= 0.6 is 0 Å². The fraction of sp³-hybridized carbons (Fsp3) is 0.204. The zero-order valence-corrected chi connectivity index (χ0v) is 37.5. The molecule has 0 N–H and O–H groups in total. The van der Waals surface area contributed by atoms with Gasteiger partial charge in [-0.3, -0.25) is 4.98 Å². The predicted octanol–water partition coefficient (Wildman–Crippen LogP) is 11.9. The average molecular weight is 955 g/mol. The quantitative estimate of drug-likeness (QED) is 0.117. The Morgan fingerprint density at radius 2 is 1.43 bits per heavy atom. The van der Waals surface area contributed by atoms with Gasteiger partial charge < -0.3 is 14.0 Å². The molecule has 0 atom stereocenters. The van der Waals surface area contributed by atoms with E-state index >= 15 is 0 Å². The number of benzene rings is 5. The third kappa shape index (κ3) is 7.82. The van der Waals surface area contributed by atoms with Crippen molar-refractivity contribution in [1.29, 1.82) is 0 Å². The first-order valence-corrected chi connectivity index (χ1v) is 23.1. The molecule has 0 fully saturated rings. The van der Waals surface area contributed by atoms with Gasteiger partial charge in [-0.15, -0.1) is 64.3 Å². The third-order valence-electron chi connectivity index (χ3n) is 10.4. The van der Waals surface area contributed by atoms with Gasteiger partial charge in [0.2, 0.25) is 5.65 Å². The van der Waals surface area contributed by atoms with E-state index in [9.17, 15) is 0 Å². The van der Waals surface area contributed by atoms with Crippen molar-refractivity contribution in [2.75, 3.05) is 0 Å².